The fourth-order valence-electron chi connectivity index (χ4n) is 3.19. The second-order valence-corrected chi connectivity index (χ2v) is 6.34. The molecule has 2 heterocycles. The fraction of sp³-hybridized carbons (Fsp3) is 0.211. The van der Waals surface area contributed by atoms with E-state index in [-0.39, 0.29) is 17.5 Å². The molecule has 1 fully saturated rings. The van der Waals surface area contributed by atoms with Gasteiger partial charge in [-0.05, 0) is 55.3 Å². The van der Waals surface area contributed by atoms with Crippen molar-refractivity contribution in [3.05, 3.63) is 58.5 Å². The topological polar surface area (TPSA) is 98.1 Å². The molecule has 0 aliphatic carbocycles. The highest BCUT2D eigenvalue weighted by atomic mass is 16.2. The maximum Gasteiger partial charge on any atom is 0.323 e. The number of amides is 2. The average Bonchev–Trinajstić information content (AvgIpc) is 3.01. The number of carbonyl (C=O) groups excluding carboxylic acids is 2. The summed E-state index contributed by atoms with van der Waals surface area (Å²) in [5, 5.41) is 2.81. The highest BCUT2D eigenvalue weighted by molar-refractivity contribution is 6.05. The smallest absolute Gasteiger partial charge is 0.322 e. The Hall–Kier alpha value is -3.35. The number of imidazole rings is 1. The van der Waals surface area contributed by atoms with Crippen LogP contribution in [0.3, 0.4) is 0 Å². The lowest BCUT2D eigenvalue weighted by atomic mass is 10.1. The third-order valence-electron chi connectivity index (χ3n) is 4.54. The lowest BCUT2D eigenvalue weighted by Gasteiger charge is -2.26. The fourth-order valence-corrected chi connectivity index (χ4v) is 3.19. The highest BCUT2D eigenvalue weighted by Gasteiger charge is 2.19. The quantitative estimate of drug-likeness (QED) is 0.677. The molecule has 2 amide bonds. The predicted molar refractivity (Wildman–Crippen MR) is 99.5 cm³/mol. The molecule has 2 aromatic carbocycles. The number of piperidine rings is 1. The number of nitrogens with one attached hydrogen (secondary N) is 3. The number of rotatable bonds is 3. The molecule has 1 aliphatic heterocycles. The second-order valence-electron chi connectivity index (χ2n) is 6.34. The van der Waals surface area contributed by atoms with Gasteiger partial charge in [0.25, 0.3) is 5.91 Å². The van der Waals surface area contributed by atoms with Crippen molar-refractivity contribution in [2.45, 2.75) is 19.3 Å². The largest absolute Gasteiger partial charge is 0.323 e. The van der Waals surface area contributed by atoms with E-state index >= 15 is 0 Å². The van der Waals surface area contributed by atoms with Crippen LogP contribution in [0.2, 0.25) is 0 Å². The van der Waals surface area contributed by atoms with Gasteiger partial charge in [0.1, 0.15) is 0 Å². The number of H-pyrrole nitrogens is 2. The molecular formula is C19H18N4O3. The van der Waals surface area contributed by atoms with Crippen molar-refractivity contribution in [2.24, 2.45) is 0 Å². The number of hydrogen-bond acceptors (Lipinski definition) is 3. The number of fused-ring (bicyclic) bond motifs is 1. The maximum atomic E-state index is 12.4. The molecule has 26 heavy (non-hydrogen) atoms. The molecular weight excluding hydrogens is 332 g/mol. The molecule has 0 saturated carbocycles. The van der Waals surface area contributed by atoms with E-state index in [1.54, 1.807) is 47.4 Å². The van der Waals surface area contributed by atoms with Crippen LogP contribution in [0.15, 0.2) is 47.3 Å². The minimum atomic E-state index is -0.286. The second kappa shape index (κ2) is 6.51. The van der Waals surface area contributed by atoms with Crippen molar-refractivity contribution < 1.29 is 9.59 Å². The Morgan fingerprint density at radius 3 is 2.50 bits per heavy atom. The monoisotopic (exact) mass is 350 g/mol. The number of benzene rings is 2. The molecule has 1 aliphatic rings. The van der Waals surface area contributed by atoms with Gasteiger partial charge >= 0.3 is 5.69 Å². The summed E-state index contributed by atoms with van der Waals surface area (Å²) in [7, 11) is 0. The summed E-state index contributed by atoms with van der Waals surface area (Å²) in [4.78, 5) is 42.8. The number of anilines is 2. The first kappa shape index (κ1) is 16.1. The number of aromatic nitrogens is 2. The van der Waals surface area contributed by atoms with Crippen LogP contribution in [0.25, 0.3) is 11.0 Å². The Morgan fingerprint density at radius 2 is 1.73 bits per heavy atom. The van der Waals surface area contributed by atoms with E-state index in [1.807, 2.05) is 0 Å². The summed E-state index contributed by atoms with van der Waals surface area (Å²) in [6.07, 6.45) is 2.51. The summed E-state index contributed by atoms with van der Waals surface area (Å²) < 4.78 is 0. The standard InChI is InChI=1S/C19H18N4O3/c24-17-3-1-2-10-23(17)14-7-4-12(5-8-14)18(25)20-13-6-9-15-16(11-13)22-19(26)21-15/h4-9,11H,1-3,10H2,(H,20,25)(H2,21,22,26). The van der Waals surface area contributed by atoms with Gasteiger partial charge in [0.2, 0.25) is 5.91 Å². The van der Waals surface area contributed by atoms with Crippen LogP contribution in [0, 0.1) is 0 Å². The predicted octanol–water partition coefficient (Wildman–Crippen LogP) is 2.63. The van der Waals surface area contributed by atoms with E-state index in [9.17, 15) is 14.4 Å². The van der Waals surface area contributed by atoms with Gasteiger partial charge in [0, 0.05) is 29.9 Å². The lowest BCUT2D eigenvalue weighted by molar-refractivity contribution is -0.119. The maximum absolute atomic E-state index is 12.4. The first-order valence-corrected chi connectivity index (χ1v) is 8.54. The van der Waals surface area contributed by atoms with Crippen molar-refractivity contribution >= 4 is 34.2 Å². The third kappa shape index (κ3) is 3.11. The van der Waals surface area contributed by atoms with Gasteiger partial charge in [0.05, 0.1) is 11.0 Å². The van der Waals surface area contributed by atoms with Gasteiger partial charge < -0.3 is 20.2 Å². The van der Waals surface area contributed by atoms with Crippen molar-refractivity contribution in [3.63, 3.8) is 0 Å². The Bertz CT molecular complexity index is 1030. The normalized spacial score (nSPS) is 14.6. The minimum Gasteiger partial charge on any atom is -0.322 e. The Kier molecular flexibility index (Phi) is 4.04. The molecule has 0 radical (unpaired) electrons. The highest BCUT2D eigenvalue weighted by Crippen LogP contribution is 2.22. The first-order valence-electron chi connectivity index (χ1n) is 8.54. The van der Waals surface area contributed by atoms with Crippen LogP contribution >= 0.6 is 0 Å². The summed E-state index contributed by atoms with van der Waals surface area (Å²) in [6.45, 7) is 0.721. The molecule has 1 saturated heterocycles. The van der Waals surface area contributed by atoms with E-state index in [0.29, 0.717) is 28.7 Å². The molecule has 0 spiro atoms. The molecule has 4 rings (SSSR count). The zero-order chi connectivity index (χ0) is 18.1. The molecule has 0 unspecified atom stereocenters. The lowest BCUT2D eigenvalue weighted by Crippen LogP contribution is -2.35. The zero-order valence-electron chi connectivity index (χ0n) is 14.0. The Morgan fingerprint density at radius 1 is 0.962 bits per heavy atom. The summed E-state index contributed by atoms with van der Waals surface area (Å²) >= 11 is 0. The van der Waals surface area contributed by atoms with Crippen LogP contribution in [-0.2, 0) is 4.79 Å². The zero-order valence-corrected chi connectivity index (χ0v) is 14.0. The summed E-state index contributed by atoms with van der Waals surface area (Å²) in [5.74, 6) is -0.124. The van der Waals surface area contributed by atoms with Gasteiger partial charge in [-0.15, -0.1) is 0 Å². The van der Waals surface area contributed by atoms with Crippen molar-refractivity contribution in [1.82, 2.24) is 9.97 Å². The van der Waals surface area contributed by atoms with Gasteiger partial charge in [0.15, 0.2) is 0 Å². The molecule has 0 bridgehead atoms. The van der Waals surface area contributed by atoms with E-state index in [2.05, 4.69) is 15.3 Å². The number of hydrogen-bond donors (Lipinski definition) is 3. The molecule has 3 N–H and O–H groups in total. The molecule has 132 valence electrons. The Balaban J connectivity index is 1.50. The minimum absolute atomic E-state index is 0.127. The van der Waals surface area contributed by atoms with Crippen LogP contribution in [-0.4, -0.2) is 28.3 Å². The number of aromatic amines is 2. The van der Waals surface area contributed by atoms with Gasteiger partial charge in [-0.2, -0.15) is 0 Å². The van der Waals surface area contributed by atoms with E-state index in [4.69, 9.17) is 0 Å². The molecule has 7 nitrogen and oxygen atoms in total. The molecule has 7 heteroatoms. The molecule has 3 aromatic rings. The SMILES string of the molecule is O=C(Nc1ccc2[nH]c(=O)[nH]c2c1)c1ccc(N2CCCCC2=O)cc1. The number of carbonyl (C=O) groups is 2. The van der Waals surface area contributed by atoms with E-state index < -0.39 is 0 Å². The van der Waals surface area contributed by atoms with E-state index in [0.717, 1.165) is 25.1 Å². The van der Waals surface area contributed by atoms with Crippen molar-refractivity contribution in [3.8, 4) is 0 Å². The van der Waals surface area contributed by atoms with Crippen LogP contribution in [0.4, 0.5) is 11.4 Å². The van der Waals surface area contributed by atoms with Gasteiger partial charge in [-0.1, -0.05) is 0 Å². The van der Waals surface area contributed by atoms with Crippen LogP contribution < -0.4 is 15.9 Å². The third-order valence-corrected chi connectivity index (χ3v) is 4.54. The van der Waals surface area contributed by atoms with E-state index in [1.165, 1.54) is 0 Å². The van der Waals surface area contributed by atoms with Gasteiger partial charge in [-0.25, -0.2) is 4.79 Å². The van der Waals surface area contributed by atoms with Crippen molar-refractivity contribution in [2.75, 3.05) is 16.8 Å². The average molecular weight is 350 g/mol. The molecule has 1 aromatic heterocycles. The van der Waals surface area contributed by atoms with Crippen molar-refractivity contribution in [1.29, 1.82) is 0 Å². The van der Waals surface area contributed by atoms with Crippen LogP contribution in [0.5, 0.6) is 0 Å². The van der Waals surface area contributed by atoms with Gasteiger partial charge in [-0.3, -0.25) is 9.59 Å². The number of nitrogens with zero attached hydrogens (tertiary/aromatic N) is 1. The molecule has 0 atom stereocenters. The summed E-state index contributed by atoms with van der Waals surface area (Å²) in [5.41, 5.74) is 2.94. The summed E-state index contributed by atoms with van der Waals surface area (Å²) in [6, 6.07) is 12.2. The Labute approximate surface area is 149 Å². The first-order chi connectivity index (χ1) is 12.6. The van der Waals surface area contributed by atoms with Crippen LogP contribution in [0.1, 0.15) is 29.6 Å².